The lowest BCUT2D eigenvalue weighted by Crippen LogP contribution is -2.19. The molecule has 130 valence electrons. The van der Waals surface area contributed by atoms with Crippen LogP contribution in [0.3, 0.4) is 0 Å². The molecule has 4 rings (SSSR count). The molecule has 0 fully saturated rings. The van der Waals surface area contributed by atoms with Crippen molar-refractivity contribution in [2.24, 2.45) is 5.10 Å². The number of nitrogens with zero attached hydrogens (tertiary/aromatic N) is 2. The van der Waals surface area contributed by atoms with E-state index in [0.717, 1.165) is 29.1 Å². The van der Waals surface area contributed by atoms with Gasteiger partial charge in [-0.15, -0.1) is 0 Å². The molecule has 1 heterocycles. The van der Waals surface area contributed by atoms with Crippen LogP contribution in [0.2, 0.25) is 0 Å². The molecule has 0 aromatic heterocycles. The third-order valence-electron chi connectivity index (χ3n) is 4.90. The second-order valence-corrected chi connectivity index (χ2v) is 6.53. The fourth-order valence-corrected chi connectivity index (χ4v) is 3.49. The Morgan fingerprint density at radius 3 is 2.27 bits per heavy atom. The molecular formula is C23H22N2O. The van der Waals surface area contributed by atoms with Crippen molar-refractivity contribution in [3.8, 4) is 5.75 Å². The van der Waals surface area contributed by atoms with Crippen LogP contribution in [-0.4, -0.2) is 12.8 Å². The quantitative estimate of drug-likeness (QED) is 0.637. The van der Waals surface area contributed by atoms with Gasteiger partial charge in [0.15, 0.2) is 0 Å². The summed E-state index contributed by atoms with van der Waals surface area (Å²) in [6, 6.07) is 27.3. The molecule has 0 radical (unpaired) electrons. The van der Waals surface area contributed by atoms with E-state index in [1.165, 1.54) is 11.1 Å². The van der Waals surface area contributed by atoms with Crippen LogP contribution in [-0.2, 0) is 0 Å². The van der Waals surface area contributed by atoms with Crippen LogP contribution in [0.4, 0.5) is 5.69 Å². The van der Waals surface area contributed by atoms with Gasteiger partial charge in [0.05, 0.1) is 24.6 Å². The molecule has 3 heteroatoms. The van der Waals surface area contributed by atoms with Gasteiger partial charge in [0, 0.05) is 6.42 Å². The van der Waals surface area contributed by atoms with E-state index in [2.05, 4.69) is 72.6 Å². The molecule has 0 aliphatic carbocycles. The van der Waals surface area contributed by atoms with Crippen molar-refractivity contribution >= 4 is 11.4 Å². The Labute approximate surface area is 154 Å². The number of benzene rings is 3. The van der Waals surface area contributed by atoms with E-state index in [9.17, 15) is 0 Å². The Morgan fingerprint density at radius 1 is 0.885 bits per heavy atom. The van der Waals surface area contributed by atoms with Gasteiger partial charge < -0.3 is 4.74 Å². The van der Waals surface area contributed by atoms with Crippen LogP contribution in [0.15, 0.2) is 84.0 Å². The molecule has 0 saturated carbocycles. The Kier molecular flexibility index (Phi) is 4.44. The average molecular weight is 342 g/mol. The normalized spacial score (nSPS) is 16.5. The van der Waals surface area contributed by atoms with Crippen molar-refractivity contribution in [1.82, 2.24) is 0 Å². The smallest absolute Gasteiger partial charge is 0.118 e. The first-order valence-electron chi connectivity index (χ1n) is 8.88. The molecule has 1 aliphatic heterocycles. The van der Waals surface area contributed by atoms with Crippen molar-refractivity contribution in [3.63, 3.8) is 0 Å². The van der Waals surface area contributed by atoms with Gasteiger partial charge in [0.25, 0.3) is 0 Å². The zero-order valence-electron chi connectivity index (χ0n) is 15.1. The number of hydrogen-bond donors (Lipinski definition) is 0. The third-order valence-corrected chi connectivity index (χ3v) is 4.90. The van der Waals surface area contributed by atoms with Gasteiger partial charge in [0.2, 0.25) is 0 Å². The molecule has 0 spiro atoms. The highest BCUT2D eigenvalue weighted by Crippen LogP contribution is 2.37. The standard InChI is InChI=1S/C23H22N2O/c1-17-8-6-7-11-21(17)23-16-22(18-12-14-20(26-2)15-13-18)24-25(23)19-9-4-3-5-10-19/h3-15,23H,16H2,1-2H3. The first kappa shape index (κ1) is 16.4. The molecular weight excluding hydrogens is 320 g/mol. The minimum atomic E-state index is 0.204. The Hall–Kier alpha value is -3.07. The van der Waals surface area contributed by atoms with E-state index in [1.54, 1.807) is 7.11 Å². The molecule has 0 N–H and O–H groups in total. The fraction of sp³-hybridized carbons (Fsp3) is 0.174. The molecule has 0 bridgehead atoms. The molecule has 1 aliphatic rings. The number of hydrazone groups is 1. The summed E-state index contributed by atoms with van der Waals surface area (Å²) in [5.74, 6) is 0.864. The summed E-state index contributed by atoms with van der Waals surface area (Å²) >= 11 is 0. The number of methoxy groups -OCH3 is 1. The minimum Gasteiger partial charge on any atom is -0.497 e. The van der Waals surface area contributed by atoms with Crippen LogP contribution in [0.1, 0.15) is 29.2 Å². The van der Waals surface area contributed by atoms with Crippen LogP contribution in [0.5, 0.6) is 5.75 Å². The maximum atomic E-state index is 5.28. The molecule has 3 nitrogen and oxygen atoms in total. The van der Waals surface area contributed by atoms with Crippen molar-refractivity contribution < 1.29 is 4.74 Å². The van der Waals surface area contributed by atoms with Gasteiger partial charge in [-0.25, -0.2) is 0 Å². The first-order chi connectivity index (χ1) is 12.8. The van der Waals surface area contributed by atoms with E-state index in [-0.39, 0.29) is 6.04 Å². The van der Waals surface area contributed by atoms with Crippen LogP contribution in [0, 0.1) is 6.92 Å². The first-order valence-corrected chi connectivity index (χ1v) is 8.88. The molecule has 0 saturated heterocycles. The van der Waals surface area contributed by atoms with Gasteiger partial charge in [-0.2, -0.15) is 5.10 Å². The number of rotatable bonds is 4. The lowest BCUT2D eigenvalue weighted by Gasteiger charge is -2.25. The van der Waals surface area contributed by atoms with Gasteiger partial charge in [-0.3, -0.25) is 5.01 Å². The summed E-state index contributed by atoms with van der Waals surface area (Å²) in [7, 11) is 1.69. The zero-order valence-corrected chi connectivity index (χ0v) is 15.1. The van der Waals surface area contributed by atoms with Crippen LogP contribution >= 0.6 is 0 Å². The Balaban J connectivity index is 1.74. The number of anilines is 1. The maximum absolute atomic E-state index is 5.28. The van der Waals surface area contributed by atoms with E-state index in [4.69, 9.17) is 9.84 Å². The molecule has 1 atom stereocenters. The Bertz CT molecular complexity index is 916. The van der Waals surface area contributed by atoms with E-state index in [1.807, 2.05) is 18.2 Å². The number of hydrogen-bond acceptors (Lipinski definition) is 3. The molecule has 26 heavy (non-hydrogen) atoms. The lowest BCUT2D eigenvalue weighted by molar-refractivity contribution is 0.415. The summed E-state index contributed by atoms with van der Waals surface area (Å²) in [4.78, 5) is 0. The van der Waals surface area contributed by atoms with Gasteiger partial charge >= 0.3 is 0 Å². The number of para-hydroxylation sites is 1. The van der Waals surface area contributed by atoms with Gasteiger partial charge in [0.1, 0.15) is 5.75 Å². The Morgan fingerprint density at radius 2 is 1.58 bits per heavy atom. The molecule has 0 amide bonds. The van der Waals surface area contributed by atoms with E-state index >= 15 is 0 Å². The maximum Gasteiger partial charge on any atom is 0.118 e. The lowest BCUT2D eigenvalue weighted by atomic mass is 9.95. The van der Waals surface area contributed by atoms with E-state index < -0.39 is 0 Å². The van der Waals surface area contributed by atoms with Crippen molar-refractivity contribution in [3.05, 3.63) is 95.6 Å². The molecule has 1 unspecified atom stereocenters. The largest absolute Gasteiger partial charge is 0.497 e. The summed E-state index contributed by atoms with van der Waals surface area (Å²) in [5.41, 5.74) is 5.98. The SMILES string of the molecule is COc1ccc(C2=NN(c3ccccc3)C(c3ccccc3C)C2)cc1. The number of aryl methyl sites for hydroxylation is 1. The van der Waals surface area contributed by atoms with Crippen LogP contribution < -0.4 is 9.75 Å². The summed E-state index contributed by atoms with van der Waals surface area (Å²) in [6.07, 6.45) is 0.881. The highest BCUT2D eigenvalue weighted by Gasteiger charge is 2.30. The van der Waals surface area contributed by atoms with Gasteiger partial charge in [-0.1, -0.05) is 42.5 Å². The van der Waals surface area contributed by atoms with Crippen molar-refractivity contribution in [2.45, 2.75) is 19.4 Å². The van der Waals surface area contributed by atoms with Crippen LogP contribution in [0.25, 0.3) is 0 Å². The summed E-state index contributed by atoms with van der Waals surface area (Å²) < 4.78 is 5.28. The van der Waals surface area contributed by atoms with Gasteiger partial charge in [-0.05, 0) is 60.0 Å². The number of ether oxygens (including phenoxy) is 1. The minimum absolute atomic E-state index is 0.204. The molecule has 3 aromatic rings. The summed E-state index contributed by atoms with van der Waals surface area (Å²) in [6.45, 7) is 2.17. The van der Waals surface area contributed by atoms with Crippen molar-refractivity contribution in [1.29, 1.82) is 0 Å². The highest BCUT2D eigenvalue weighted by atomic mass is 16.5. The third kappa shape index (κ3) is 3.08. The van der Waals surface area contributed by atoms with E-state index in [0.29, 0.717) is 0 Å². The monoisotopic (exact) mass is 342 g/mol. The fourth-order valence-electron chi connectivity index (χ4n) is 3.49. The predicted octanol–water partition coefficient (Wildman–Crippen LogP) is 5.36. The average Bonchev–Trinajstić information content (AvgIpc) is 3.14. The van der Waals surface area contributed by atoms with Crippen molar-refractivity contribution in [2.75, 3.05) is 12.1 Å². The summed E-state index contributed by atoms with van der Waals surface area (Å²) in [5, 5.41) is 7.15. The second kappa shape index (κ2) is 7.04. The zero-order chi connectivity index (χ0) is 17.9. The highest BCUT2D eigenvalue weighted by molar-refractivity contribution is 6.03. The molecule has 3 aromatic carbocycles. The predicted molar refractivity (Wildman–Crippen MR) is 107 cm³/mol. The topological polar surface area (TPSA) is 24.8 Å². The second-order valence-electron chi connectivity index (χ2n) is 6.53.